The zero-order valence-corrected chi connectivity index (χ0v) is 34.1. The van der Waals surface area contributed by atoms with Crippen molar-refractivity contribution < 1.29 is 0 Å². The fraction of sp³-hybridized carbons (Fsp3) is 0.509. The van der Waals surface area contributed by atoms with Crippen molar-refractivity contribution in [3.8, 4) is 0 Å². The van der Waals surface area contributed by atoms with Crippen LogP contribution in [-0.4, -0.2) is 12.6 Å². The van der Waals surface area contributed by atoms with Gasteiger partial charge in [-0.15, -0.1) is 0 Å². The number of allylic oxidation sites excluding steroid dienone is 14. The van der Waals surface area contributed by atoms with E-state index in [1.807, 2.05) is 0 Å². The van der Waals surface area contributed by atoms with Crippen LogP contribution in [0, 0.1) is 17.8 Å². The predicted molar refractivity (Wildman–Crippen MR) is 237 cm³/mol. The van der Waals surface area contributed by atoms with Gasteiger partial charge in [-0.25, -0.2) is 0 Å². The Hall–Kier alpha value is -3.42. The minimum atomic E-state index is 0.591. The molecule has 54 heavy (non-hydrogen) atoms. The average molecular weight is 720 g/mol. The van der Waals surface area contributed by atoms with E-state index in [4.69, 9.17) is 0 Å². The minimum Gasteiger partial charge on any atom is -0.310 e. The molecule has 2 aromatic carbocycles. The van der Waals surface area contributed by atoms with Crippen molar-refractivity contribution in [3.63, 3.8) is 0 Å². The minimum absolute atomic E-state index is 0.591. The molecular weight excluding hydrogens is 651 g/mol. The topological polar surface area (TPSA) is 12.0 Å². The van der Waals surface area contributed by atoms with Gasteiger partial charge in [-0.3, -0.25) is 0 Å². The van der Waals surface area contributed by atoms with Gasteiger partial charge >= 0.3 is 0 Å². The van der Waals surface area contributed by atoms with E-state index in [0.29, 0.717) is 12.0 Å². The molecule has 0 saturated heterocycles. The smallest absolute Gasteiger partial charge is 0.0170 e. The third-order valence-corrected chi connectivity index (χ3v) is 13.6. The third-order valence-electron chi connectivity index (χ3n) is 13.6. The summed E-state index contributed by atoms with van der Waals surface area (Å²) in [7, 11) is 0. The SMILES string of the molecule is CC/C=C\C(/C=C/CCC/C(=C/C=C(\C)C1=C2C=CCCC2=C(c2cc3c(c4ccccc24)CCC=C3)CC1)CNC1CC[C@H]2CCCCC2C1)CCC. The molecule has 5 aliphatic carbocycles. The zero-order chi connectivity index (χ0) is 37.1. The highest BCUT2D eigenvalue weighted by Crippen LogP contribution is 2.46. The second kappa shape index (κ2) is 19.4. The molecule has 3 unspecified atom stereocenters. The molecule has 0 aromatic heterocycles. The number of hydrogen-bond acceptors (Lipinski definition) is 1. The van der Waals surface area contributed by atoms with E-state index in [0.717, 1.165) is 69.7 Å². The summed E-state index contributed by atoms with van der Waals surface area (Å²) in [5.74, 6) is 2.57. The second-order valence-corrected chi connectivity index (χ2v) is 17.2. The first kappa shape index (κ1) is 38.8. The Kier molecular flexibility index (Phi) is 14.0. The van der Waals surface area contributed by atoms with Crippen molar-refractivity contribution in [3.05, 3.63) is 130 Å². The van der Waals surface area contributed by atoms with Crippen LogP contribution >= 0.6 is 0 Å². The van der Waals surface area contributed by atoms with Crippen molar-refractivity contribution in [2.75, 3.05) is 6.54 Å². The van der Waals surface area contributed by atoms with Gasteiger partial charge in [0.25, 0.3) is 0 Å². The highest BCUT2D eigenvalue weighted by Gasteiger charge is 2.32. The molecular formula is C53H69N. The first-order valence-electron chi connectivity index (χ1n) is 22.4. The molecule has 0 bridgehead atoms. The summed E-state index contributed by atoms with van der Waals surface area (Å²) >= 11 is 0. The molecule has 2 saturated carbocycles. The van der Waals surface area contributed by atoms with E-state index in [9.17, 15) is 0 Å². The van der Waals surface area contributed by atoms with E-state index in [1.54, 1.807) is 22.3 Å². The van der Waals surface area contributed by atoms with Gasteiger partial charge in [-0.1, -0.05) is 137 Å². The van der Waals surface area contributed by atoms with Crippen molar-refractivity contribution in [1.82, 2.24) is 5.32 Å². The van der Waals surface area contributed by atoms with Gasteiger partial charge in [0.15, 0.2) is 0 Å². The van der Waals surface area contributed by atoms with Crippen molar-refractivity contribution in [1.29, 1.82) is 0 Å². The van der Waals surface area contributed by atoms with Gasteiger partial charge < -0.3 is 5.32 Å². The lowest BCUT2D eigenvalue weighted by Gasteiger charge is -2.39. The molecule has 4 atom stereocenters. The number of hydrogen-bond donors (Lipinski definition) is 1. The van der Waals surface area contributed by atoms with Gasteiger partial charge in [0.05, 0.1) is 0 Å². The number of benzene rings is 2. The van der Waals surface area contributed by atoms with Crippen LogP contribution < -0.4 is 5.32 Å². The quantitative estimate of drug-likeness (QED) is 0.110. The van der Waals surface area contributed by atoms with Crippen LogP contribution in [0.5, 0.6) is 0 Å². The van der Waals surface area contributed by atoms with Crippen LogP contribution in [0.25, 0.3) is 22.4 Å². The Morgan fingerprint density at radius 3 is 2.52 bits per heavy atom. The molecule has 2 fully saturated rings. The van der Waals surface area contributed by atoms with E-state index in [2.05, 4.69) is 117 Å². The van der Waals surface area contributed by atoms with E-state index < -0.39 is 0 Å². The molecule has 0 spiro atoms. The Labute approximate surface area is 329 Å². The number of nitrogens with one attached hydrogen (secondary N) is 1. The fourth-order valence-electron chi connectivity index (χ4n) is 10.6. The molecule has 0 aliphatic heterocycles. The van der Waals surface area contributed by atoms with Gasteiger partial charge in [0.2, 0.25) is 0 Å². The van der Waals surface area contributed by atoms with E-state index >= 15 is 0 Å². The van der Waals surface area contributed by atoms with Crippen molar-refractivity contribution in [2.45, 2.75) is 149 Å². The summed E-state index contributed by atoms with van der Waals surface area (Å²) in [4.78, 5) is 0. The lowest BCUT2D eigenvalue weighted by atomic mass is 9.69. The molecule has 1 heteroatoms. The first-order chi connectivity index (χ1) is 26.6. The summed E-state index contributed by atoms with van der Waals surface area (Å²) in [6, 6.07) is 12.4. The monoisotopic (exact) mass is 720 g/mol. The molecule has 0 amide bonds. The Morgan fingerprint density at radius 2 is 1.65 bits per heavy atom. The largest absolute Gasteiger partial charge is 0.310 e. The maximum atomic E-state index is 4.10. The second-order valence-electron chi connectivity index (χ2n) is 17.2. The van der Waals surface area contributed by atoms with Crippen LogP contribution in [-0.2, 0) is 6.42 Å². The average Bonchev–Trinajstić information content (AvgIpc) is 3.22. The predicted octanol–water partition coefficient (Wildman–Crippen LogP) is 14.9. The van der Waals surface area contributed by atoms with Crippen LogP contribution in [0.4, 0.5) is 0 Å². The third kappa shape index (κ3) is 9.50. The molecule has 7 rings (SSSR count). The van der Waals surface area contributed by atoms with Gasteiger partial charge in [0.1, 0.15) is 0 Å². The van der Waals surface area contributed by atoms with Crippen LogP contribution in [0.1, 0.15) is 153 Å². The standard InChI is InChI=1S/C53H69N/c1-4-6-19-40(18-5-2)20-8-7-9-21-41(38-54-45-33-32-42-22-10-11-23-43(42)36-45)31-30-39(3)46-34-35-52(50-28-16-14-26-48(46)50)53-37-44-24-12-13-25-47(44)49-27-15-17-29-51(49)53/h6,8,12,14-15,17,19-20,24,26-27,29-31,37,40,42-43,45,54H,4-5,7,9-11,13,16,18,21-23,25,28,32-36,38H2,1-3H3/b19-6-,20-8+,39-30+,41-31-/t40?,42-,43?,45?/m1/s1. The van der Waals surface area contributed by atoms with Crippen LogP contribution in [0.2, 0.25) is 0 Å². The van der Waals surface area contributed by atoms with Crippen molar-refractivity contribution >= 4 is 22.4 Å². The van der Waals surface area contributed by atoms with Crippen molar-refractivity contribution in [2.24, 2.45) is 17.8 Å². The number of unbranched alkanes of at least 4 members (excludes halogenated alkanes) is 1. The summed E-state index contributed by atoms with van der Waals surface area (Å²) in [5.41, 5.74) is 13.8. The summed E-state index contributed by atoms with van der Waals surface area (Å²) in [6.07, 6.45) is 48.4. The van der Waals surface area contributed by atoms with Crippen LogP contribution in [0.15, 0.2) is 113 Å². The molecule has 0 heterocycles. The number of rotatable bonds is 15. The Morgan fingerprint density at radius 1 is 0.833 bits per heavy atom. The fourth-order valence-corrected chi connectivity index (χ4v) is 10.6. The molecule has 1 N–H and O–H groups in total. The molecule has 286 valence electrons. The highest BCUT2D eigenvalue weighted by atomic mass is 14.9. The lowest BCUT2D eigenvalue weighted by Crippen LogP contribution is -2.39. The normalized spacial score (nSPS) is 24.1. The summed E-state index contributed by atoms with van der Waals surface area (Å²) in [5, 5.41) is 7.01. The Bertz CT molecular complexity index is 1850. The zero-order valence-electron chi connectivity index (χ0n) is 34.1. The van der Waals surface area contributed by atoms with Gasteiger partial charge in [0, 0.05) is 12.6 Å². The Balaban J connectivity index is 1.12. The number of fused-ring (bicyclic) bond motifs is 5. The molecule has 5 aliphatic rings. The van der Waals surface area contributed by atoms with Gasteiger partial charge in [-0.05, 0) is 176 Å². The molecule has 0 radical (unpaired) electrons. The highest BCUT2D eigenvalue weighted by molar-refractivity contribution is 6.00. The summed E-state index contributed by atoms with van der Waals surface area (Å²) < 4.78 is 0. The maximum Gasteiger partial charge on any atom is 0.0170 e. The molecule has 2 aromatic rings. The summed E-state index contributed by atoms with van der Waals surface area (Å²) in [6.45, 7) is 7.97. The van der Waals surface area contributed by atoms with Crippen LogP contribution in [0.3, 0.4) is 0 Å². The number of aryl methyl sites for hydroxylation is 1. The van der Waals surface area contributed by atoms with E-state index in [1.165, 1.54) is 109 Å². The van der Waals surface area contributed by atoms with E-state index in [-0.39, 0.29) is 0 Å². The van der Waals surface area contributed by atoms with Gasteiger partial charge in [-0.2, -0.15) is 0 Å². The maximum absolute atomic E-state index is 4.10. The first-order valence-corrected chi connectivity index (χ1v) is 22.4. The lowest BCUT2D eigenvalue weighted by molar-refractivity contribution is 0.145. The molecule has 1 nitrogen and oxygen atoms in total.